The Balaban J connectivity index is 2.09. The molecule has 0 fully saturated rings. The molecule has 0 aliphatic carbocycles. The molecule has 2 N–H and O–H groups in total. The lowest BCUT2D eigenvalue weighted by atomic mass is 9.97. The number of sulfonamides is 1. The molecule has 3 aromatic rings. The van der Waals surface area contributed by atoms with Crippen LogP contribution in [0.1, 0.15) is 11.1 Å². The predicted octanol–water partition coefficient (Wildman–Crippen LogP) is 4.85. The monoisotopic (exact) mass is 405 g/mol. The number of primary sulfonamides is 1. The van der Waals surface area contributed by atoms with Gasteiger partial charge in [-0.25, -0.2) is 22.3 Å². The van der Waals surface area contributed by atoms with Crippen LogP contribution in [0.5, 0.6) is 0 Å². The van der Waals surface area contributed by atoms with Crippen LogP contribution >= 0.6 is 12.6 Å². The number of benzene rings is 3. The molecule has 140 valence electrons. The molecule has 0 aliphatic rings. The molecule has 0 heterocycles. The molecule has 3 aromatic carbocycles. The van der Waals surface area contributed by atoms with Crippen LogP contribution in [0.2, 0.25) is 0 Å². The van der Waals surface area contributed by atoms with Gasteiger partial charge in [0.25, 0.3) is 0 Å². The van der Waals surface area contributed by atoms with Gasteiger partial charge in [0, 0.05) is 4.90 Å². The zero-order valence-electron chi connectivity index (χ0n) is 14.6. The number of thiol groups is 1. The molecule has 0 unspecified atom stereocenters. The Bertz CT molecular complexity index is 1120. The Morgan fingerprint density at radius 2 is 1.37 bits per heavy atom. The van der Waals surface area contributed by atoms with Crippen molar-refractivity contribution in [3.8, 4) is 22.3 Å². The number of nitrogens with two attached hydrogens (primary N) is 1. The number of rotatable bonds is 3. The average molecular weight is 405 g/mol. The van der Waals surface area contributed by atoms with Crippen molar-refractivity contribution in [1.29, 1.82) is 0 Å². The maximum Gasteiger partial charge on any atom is 0.243 e. The van der Waals surface area contributed by atoms with Gasteiger partial charge in [-0.1, -0.05) is 41.5 Å². The molecule has 0 atom stereocenters. The number of hydrogen-bond donors (Lipinski definition) is 2. The second-order valence-electron chi connectivity index (χ2n) is 6.42. The van der Waals surface area contributed by atoms with Gasteiger partial charge in [0.1, 0.15) is 11.6 Å². The van der Waals surface area contributed by atoms with E-state index in [2.05, 4.69) is 18.7 Å². The van der Waals surface area contributed by atoms with E-state index in [1.807, 2.05) is 32.0 Å². The third-order valence-electron chi connectivity index (χ3n) is 4.15. The fourth-order valence-corrected chi connectivity index (χ4v) is 4.09. The lowest BCUT2D eigenvalue weighted by Crippen LogP contribution is -2.16. The van der Waals surface area contributed by atoms with Crippen molar-refractivity contribution in [3.63, 3.8) is 0 Å². The molecule has 0 saturated heterocycles. The van der Waals surface area contributed by atoms with Gasteiger partial charge in [-0.15, -0.1) is 12.6 Å². The van der Waals surface area contributed by atoms with E-state index < -0.39 is 26.6 Å². The highest BCUT2D eigenvalue weighted by Crippen LogP contribution is 2.33. The van der Waals surface area contributed by atoms with Crippen LogP contribution in [-0.4, -0.2) is 8.42 Å². The second-order valence-corrected chi connectivity index (χ2v) is 8.40. The first-order chi connectivity index (χ1) is 12.6. The van der Waals surface area contributed by atoms with Crippen LogP contribution in [0, 0.1) is 25.5 Å². The molecule has 3 rings (SSSR count). The predicted molar refractivity (Wildman–Crippen MR) is 105 cm³/mol. The van der Waals surface area contributed by atoms with Crippen LogP contribution in [0.25, 0.3) is 22.3 Å². The molecule has 0 bridgehead atoms. The summed E-state index contributed by atoms with van der Waals surface area (Å²) < 4.78 is 50.9. The maximum absolute atomic E-state index is 14.1. The van der Waals surface area contributed by atoms with Crippen molar-refractivity contribution in [1.82, 2.24) is 0 Å². The Morgan fingerprint density at radius 1 is 0.815 bits per heavy atom. The number of hydrogen-bond acceptors (Lipinski definition) is 3. The van der Waals surface area contributed by atoms with Crippen molar-refractivity contribution >= 4 is 22.7 Å². The summed E-state index contributed by atoms with van der Waals surface area (Å²) in [5, 5.41) is 4.86. The highest BCUT2D eigenvalue weighted by Gasteiger charge is 2.21. The van der Waals surface area contributed by atoms with E-state index in [1.165, 1.54) is 0 Å². The van der Waals surface area contributed by atoms with Gasteiger partial charge in [0.15, 0.2) is 4.90 Å². The fourth-order valence-electron chi connectivity index (χ4n) is 3.08. The summed E-state index contributed by atoms with van der Waals surface area (Å²) in [7, 11) is -4.49. The minimum absolute atomic E-state index is 0.194. The molecular formula is C20H17F2NO2S2. The van der Waals surface area contributed by atoms with Crippen LogP contribution in [0.3, 0.4) is 0 Å². The molecule has 0 spiro atoms. The average Bonchev–Trinajstić information content (AvgIpc) is 2.51. The zero-order valence-corrected chi connectivity index (χ0v) is 16.3. The van der Waals surface area contributed by atoms with Gasteiger partial charge in [0.2, 0.25) is 10.0 Å². The molecule has 0 aromatic heterocycles. The summed E-state index contributed by atoms with van der Waals surface area (Å²) in [6, 6.07) is 13.2. The Labute approximate surface area is 162 Å². The van der Waals surface area contributed by atoms with E-state index >= 15 is 0 Å². The minimum Gasteiger partial charge on any atom is -0.224 e. The number of halogens is 2. The van der Waals surface area contributed by atoms with Gasteiger partial charge in [-0.3, -0.25) is 0 Å². The summed E-state index contributed by atoms with van der Waals surface area (Å²) in [5.74, 6) is -2.46. The normalized spacial score (nSPS) is 11.6. The fraction of sp³-hybridized carbons (Fsp3) is 0.100. The first-order valence-corrected chi connectivity index (χ1v) is 9.99. The zero-order chi connectivity index (χ0) is 19.9. The third kappa shape index (κ3) is 4.05. The quantitative estimate of drug-likeness (QED) is 0.612. The summed E-state index contributed by atoms with van der Waals surface area (Å²) in [6.45, 7) is 4.00. The summed E-state index contributed by atoms with van der Waals surface area (Å²) in [6.07, 6.45) is 0. The van der Waals surface area contributed by atoms with E-state index in [-0.39, 0.29) is 5.56 Å². The van der Waals surface area contributed by atoms with Crippen molar-refractivity contribution in [2.45, 2.75) is 23.6 Å². The largest absolute Gasteiger partial charge is 0.243 e. The van der Waals surface area contributed by atoms with E-state index in [0.717, 1.165) is 34.4 Å². The minimum atomic E-state index is -4.49. The summed E-state index contributed by atoms with van der Waals surface area (Å²) >= 11 is 4.51. The van der Waals surface area contributed by atoms with Crippen LogP contribution in [0.4, 0.5) is 8.78 Å². The molecule has 27 heavy (non-hydrogen) atoms. The smallest absolute Gasteiger partial charge is 0.224 e. The van der Waals surface area contributed by atoms with E-state index in [0.29, 0.717) is 10.5 Å². The standard InChI is InChI=1S/C20H17F2NO2S2/c1-11-5-12(2)7-15(6-11)16-4-3-13(10-19(16)26)14-8-17(21)20(18(22)9-14)27(23,24)25/h3-10,26H,1-2H3,(H2,23,24,25). The van der Waals surface area contributed by atoms with E-state index in [1.54, 1.807) is 12.1 Å². The topological polar surface area (TPSA) is 60.2 Å². The molecule has 0 saturated carbocycles. The van der Waals surface area contributed by atoms with Crippen LogP contribution < -0.4 is 5.14 Å². The van der Waals surface area contributed by atoms with Gasteiger partial charge in [-0.2, -0.15) is 0 Å². The lowest BCUT2D eigenvalue weighted by Gasteiger charge is -2.11. The summed E-state index contributed by atoms with van der Waals surface area (Å²) in [4.78, 5) is -0.502. The SMILES string of the molecule is Cc1cc(C)cc(-c2ccc(-c3cc(F)c(S(N)(=O)=O)c(F)c3)cc2S)c1. The van der Waals surface area contributed by atoms with Crippen molar-refractivity contribution in [3.05, 3.63) is 71.3 Å². The number of aryl methyl sites for hydroxylation is 2. The van der Waals surface area contributed by atoms with E-state index in [9.17, 15) is 17.2 Å². The van der Waals surface area contributed by atoms with Crippen molar-refractivity contribution < 1.29 is 17.2 Å². The molecule has 0 radical (unpaired) electrons. The first kappa shape index (κ1) is 19.5. The van der Waals surface area contributed by atoms with Crippen LogP contribution in [-0.2, 0) is 10.0 Å². The van der Waals surface area contributed by atoms with Crippen molar-refractivity contribution in [2.75, 3.05) is 0 Å². The summed E-state index contributed by atoms with van der Waals surface area (Å²) in [5.41, 5.74) is 4.81. The molecule has 0 amide bonds. The molecular weight excluding hydrogens is 388 g/mol. The van der Waals surface area contributed by atoms with Crippen LogP contribution in [0.15, 0.2) is 58.3 Å². The van der Waals surface area contributed by atoms with E-state index in [4.69, 9.17) is 5.14 Å². The van der Waals surface area contributed by atoms with Crippen molar-refractivity contribution in [2.24, 2.45) is 5.14 Å². The molecule has 7 heteroatoms. The first-order valence-electron chi connectivity index (χ1n) is 8.00. The maximum atomic E-state index is 14.1. The Morgan fingerprint density at radius 3 is 1.85 bits per heavy atom. The highest BCUT2D eigenvalue weighted by atomic mass is 32.2. The molecule has 3 nitrogen and oxygen atoms in total. The van der Waals surface area contributed by atoms with Gasteiger partial charge in [0.05, 0.1) is 0 Å². The lowest BCUT2D eigenvalue weighted by molar-refractivity contribution is 0.520. The van der Waals surface area contributed by atoms with Gasteiger partial charge in [-0.05, 0) is 54.3 Å². The Hall–Kier alpha value is -2.22. The second kappa shape index (κ2) is 7.07. The molecule has 0 aliphatic heterocycles. The van der Waals surface area contributed by atoms with Gasteiger partial charge >= 0.3 is 0 Å². The third-order valence-corrected chi connectivity index (χ3v) is 5.48. The highest BCUT2D eigenvalue weighted by molar-refractivity contribution is 7.89. The van der Waals surface area contributed by atoms with Gasteiger partial charge < -0.3 is 0 Å². The Kier molecular flexibility index (Phi) is 5.12.